The van der Waals surface area contributed by atoms with Crippen molar-refractivity contribution in [1.82, 2.24) is 10.2 Å². The van der Waals surface area contributed by atoms with Gasteiger partial charge in [0.2, 0.25) is 11.8 Å². The van der Waals surface area contributed by atoms with Gasteiger partial charge in [-0.05, 0) is 47.4 Å². The molecule has 1 unspecified atom stereocenters. The summed E-state index contributed by atoms with van der Waals surface area (Å²) in [6.45, 7) is 3.48. The molecule has 0 saturated carbocycles. The molecule has 0 aromatic heterocycles. The molecule has 4 rings (SSSR count). The molecule has 0 heterocycles. The molecule has 0 bridgehead atoms. The molecule has 4 aromatic rings. The van der Waals surface area contributed by atoms with Crippen LogP contribution in [0, 0.1) is 16.0 Å². The Balaban J connectivity index is 1.82. The molecule has 0 aliphatic carbocycles. The summed E-state index contributed by atoms with van der Waals surface area (Å²) in [7, 11) is -4.39. The highest BCUT2D eigenvalue weighted by Gasteiger charge is 2.35. The SMILES string of the molecule is CC(C)CNC(=O)C(Cc1ccccc1)N(Cc1cccc(Cl)c1)C(=O)CN(c1cccc([N+](=O)[O-])c1)S(=O)(=O)c1ccccc1. The number of nitro benzene ring substituents is 1. The highest BCUT2D eigenvalue weighted by molar-refractivity contribution is 7.92. The Morgan fingerprint density at radius 3 is 2.13 bits per heavy atom. The Bertz CT molecular complexity index is 1770. The number of nitrogens with zero attached hydrogens (tertiary/aromatic N) is 3. The summed E-state index contributed by atoms with van der Waals surface area (Å²) in [6.07, 6.45) is 0.152. The minimum Gasteiger partial charge on any atom is -0.354 e. The van der Waals surface area contributed by atoms with E-state index in [0.29, 0.717) is 17.1 Å². The second-order valence-corrected chi connectivity index (χ2v) is 13.4. The van der Waals surface area contributed by atoms with Gasteiger partial charge in [-0.3, -0.25) is 24.0 Å². The van der Waals surface area contributed by atoms with Crippen LogP contribution in [-0.4, -0.2) is 49.2 Å². The molecular weight excluding hydrogens is 628 g/mol. The Hall–Kier alpha value is -4.74. The van der Waals surface area contributed by atoms with Crippen LogP contribution in [0.2, 0.25) is 5.02 Å². The maximum Gasteiger partial charge on any atom is 0.271 e. The van der Waals surface area contributed by atoms with Crippen LogP contribution in [0.25, 0.3) is 0 Å². The van der Waals surface area contributed by atoms with Crippen LogP contribution in [0.4, 0.5) is 11.4 Å². The Morgan fingerprint density at radius 1 is 0.870 bits per heavy atom. The van der Waals surface area contributed by atoms with Crippen molar-refractivity contribution >= 4 is 44.8 Å². The monoisotopic (exact) mass is 662 g/mol. The molecule has 0 fully saturated rings. The van der Waals surface area contributed by atoms with Gasteiger partial charge in [-0.15, -0.1) is 0 Å². The summed E-state index contributed by atoms with van der Waals surface area (Å²) in [5, 5.41) is 15.0. The van der Waals surface area contributed by atoms with Crippen LogP contribution in [-0.2, 0) is 32.6 Å². The van der Waals surface area contributed by atoms with Crippen LogP contribution in [0.3, 0.4) is 0 Å². The number of rotatable bonds is 14. The fourth-order valence-corrected chi connectivity index (χ4v) is 6.46. The number of nitro groups is 1. The Morgan fingerprint density at radius 2 is 1.50 bits per heavy atom. The molecule has 4 aromatic carbocycles. The Kier molecular flexibility index (Phi) is 11.5. The number of anilines is 1. The van der Waals surface area contributed by atoms with Crippen molar-refractivity contribution in [2.45, 2.75) is 37.8 Å². The van der Waals surface area contributed by atoms with Gasteiger partial charge < -0.3 is 10.2 Å². The number of non-ortho nitro benzene ring substituents is 1. The van der Waals surface area contributed by atoms with E-state index in [1.165, 1.54) is 35.2 Å². The number of carbonyl (C=O) groups is 2. The van der Waals surface area contributed by atoms with Gasteiger partial charge in [0, 0.05) is 36.7 Å². The van der Waals surface area contributed by atoms with Crippen LogP contribution < -0.4 is 9.62 Å². The first-order valence-electron chi connectivity index (χ1n) is 14.6. The summed E-state index contributed by atoms with van der Waals surface area (Å²) in [5.41, 5.74) is 1.01. The van der Waals surface area contributed by atoms with Crippen molar-refractivity contribution in [3.05, 3.63) is 135 Å². The van der Waals surface area contributed by atoms with Gasteiger partial charge in [0.05, 0.1) is 15.5 Å². The maximum atomic E-state index is 14.5. The average molecular weight is 663 g/mol. The van der Waals surface area contributed by atoms with Gasteiger partial charge in [0.25, 0.3) is 15.7 Å². The second-order valence-electron chi connectivity index (χ2n) is 11.1. The minimum absolute atomic E-state index is 0.0554. The molecule has 0 spiro atoms. The molecule has 0 radical (unpaired) electrons. The zero-order chi connectivity index (χ0) is 33.3. The molecule has 46 heavy (non-hydrogen) atoms. The van der Waals surface area contributed by atoms with Crippen molar-refractivity contribution in [3.63, 3.8) is 0 Å². The average Bonchev–Trinajstić information content (AvgIpc) is 3.04. The van der Waals surface area contributed by atoms with Crippen molar-refractivity contribution < 1.29 is 22.9 Å². The van der Waals surface area contributed by atoms with Gasteiger partial charge in [-0.25, -0.2) is 8.42 Å². The number of sulfonamides is 1. The van der Waals surface area contributed by atoms with Crippen LogP contribution in [0.15, 0.2) is 114 Å². The van der Waals surface area contributed by atoms with Crippen molar-refractivity contribution in [2.75, 3.05) is 17.4 Å². The molecule has 2 amide bonds. The molecule has 10 nitrogen and oxygen atoms in total. The third-order valence-corrected chi connectivity index (χ3v) is 9.16. The quantitative estimate of drug-likeness (QED) is 0.133. The predicted octanol–water partition coefficient (Wildman–Crippen LogP) is 5.86. The minimum atomic E-state index is -4.39. The van der Waals surface area contributed by atoms with Crippen molar-refractivity contribution in [3.8, 4) is 0 Å². The number of amides is 2. The number of nitrogens with one attached hydrogen (secondary N) is 1. The van der Waals surface area contributed by atoms with Crippen LogP contribution in [0.5, 0.6) is 0 Å². The third kappa shape index (κ3) is 8.92. The lowest BCUT2D eigenvalue weighted by molar-refractivity contribution is -0.384. The Labute approximate surface area is 273 Å². The molecule has 12 heteroatoms. The van der Waals surface area contributed by atoms with E-state index >= 15 is 0 Å². The summed E-state index contributed by atoms with van der Waals surface area (Å²) in [6, 6.07) is 27.6. The highest BCUT2D eigenvalue weighted by atomic mass is 35.5. The predicted molar refractivity (Wildman–Crippen MR) is 178 cm³/mol. The number of hydrogen-bond acceptors (Lipinski definition) is 6. The van der Waals surface area contributed by atoms with Crippen LogP contribution >= 0.6 is 11.6 Å². The molecule has 1 N–H and O–H groups in total. The lowest BCUT2D eigenvalue weighted by Gasteiger charge is -2.34. The van der Waals surface area contributed by atoms with E-state index < -0.39 is 39.3 Å². The third-order valence-electron chi connectivity index (χ3n) is 7.14. The number of carbonyl (C=O) groups excluding carboxylic acids is 2. The van der Waals surface area contributed by atoms with E-state index in [4.69, 9.17) is 11.6 Å². The van der Waals surface area contributed by atoms with E-state index in [1.807, 2.05) is 44.2 Å². The fourth-order valence-electron chi connectivity index (χ4n) is 4.82. The number of benzene rings is 4. The number of halogens is 1. The lowest BCUT2D eigenvalue weighted by atomic mass is 10.0. The zero-order valence-corrected chi connectivity index (χ0v) is 27.0. The largest absolute Gasteiger partial charge is 0.354 e. The van der Waals surface area contributed by atoms with E-state index in [-0.39, 0.29) is 35.2 Å². The van der Waals surface area contributed by atoms with Crippen molar-refractivity contribution in [1.29, 1.82) is 0 Å². The van der Waals surface area contributed by atoms with E-state index in [2.05, 4.69) is 5.32 Å². The summed E-state index contributed by atoms with van der Waals surface area (Å²) >= 11 is 6.27. The van der Waals surface area contributed by atoms with Gasteiger partial charge in [0.15, 0.2) is 0 Å². The second kappa shape index (κ2) is 15.5. The zero-order valence-electron chi connectivity index (χ0n) is 25.5. The van der Waals surface area contributed by atoms with Gasteiger partial charge >= 0.3 is 0 Å². The first-order valence-corrected chi connectivity index (χ1v) is 16.5. The topological polar surface area (TPSA) is 130 Å². The van der Waals surface area contributed by atoms with Crippen molar-refractivity contribution in [2.24, 2.45) is 5.92 Å². The lowest BCUT2D eigenvalue weighted by Crippen LogP contribution is -2.53. The highest BCUT2D eigenvalue weighted by Crippen LogP contribution is 2.28. The van der Waals surface area contributed by atoms with Gasteiger partial charge in [-0.1, -0.05) is 92.2 Å². The summed E-state index contributed by atoms with van der Waals surface area (Å²) in [4.78, 5) is 40.5. The molecule has 0 aliphatic rings. The van der Waals surface area contributed by atoms with E-state index in [0.717, 1.165) is 15.9 Å². The molecular formula is C34H35ClN4O6S. The molecule has 1 atom stereocenters. The first kappa shape index (κ1) is 34.1. The van der Waals surface area contributed by atoms with Gasteiger partial charge in [-0.2, -0.15) is 0 Å². The normalized spacial score (nSPS) is 11.9. The van der Waals surface area contributed by atoms with Crippen LogP contribution in [0.1, 0.15) is 25.0 Å². The number of hydrogen-bond donors (Lipinski definition) is 1. The molecule has 240 valence electrons. The fraction of sp³-hybridized carbons (Fsp3) is 0.235. The summed E-state index contributed by atoms with van der Waals surface area (Å²) < 4.78 is 28.9. The van der Waals surface area contributed by atoms with E-state index in [9.17, 15) is 28.1 Å². The first-order chi connectivity index (χ1) is 22.0. The smallest absolute Gasteiger partial charge is 0.271 e. The standard InChI is InChI=1S/C34H35ClN4O6S/c1-25(2)22-36-34(41)32(20-26-11-5-3-6-12-26)37(23-27-13-9-14-28(35)19-27)33(40)24-38(29-15-10-16-30(21-29)39(42)43)46(44,45)31-17-7-4-8-18-31/h3-19,21,25,32H,20,22-24H2,1-2H3,(H,36,41). The maximum absolute atomic E-state index is 14.5. The van der Waals surface area contributed by atoms with Gasteiger partial charge in [0.1, 0.15) is 12.6 Å². The van der Waals surface area contributed by atoms with E-state index in [1.54, 1.807) is 42.5 Å². The molecule has 0 saturated heterocycles. The molecule has 0 aliphatic heterocycles. The summed E-state index contributed by atoms with van der Waals surface area (Å²) in [5.74, 6) is -0.953.